The van der Waals surface area contributed by atoms with Crippen molar-refractivity contribution >= 4 is 11.8 Å². The first-order valence-electron chi connectivity index (χ1n) is 5.83. The predicted molar refractivity (Wildman–Crippen MR) is 62.0 cm³/mol. The monoisotopic (exact) mass is 227 g/mol. The van der Waals surface area contributed by atoms with Gasteiger partial charge >= 0.3 is 0 Å². The third-order valence-corrected chi connectivity index (χ3v) is 2.87. The first-order valence-corrected chi connectivity index (χ1v) is 5.83. The summed E-state index contributed by atoms with van der Waals surface area (Å²) in [5.74, 6) is 0.171. The number of carbonyl (C=O) groups excluding carboxylic acids is 2. The van der Waals surface area contributed by atoms with Crippen LogP contribution in [-0.4, -0.2) is 48.9 Å². The zero-order chi connectivity index (χ0) is 12.0. The van der Waals surface area contributed by atoms with Gasteiger partial charge in [-0.05, 0) is 12.8 Å². The van der Waals surface area contributed by atoms with Crippen molar-refractivity contribution in [2.45, 2.75) is 32.7 Å². The summed E-state index contributed by atoms with van der Waals surface area (Å²) in [6.45, 7) is 6.28. The minimum absolute atomic E-state index is 0.00759. The highest BCUT2D eigenvalue weighted by Gasteiger charge is 2.19. The van der Waals surface area contributed by atoms with E-state index in [9.17, 15) is 9.59 Å². The van der Waals surface area contributed by atoms with Gasteiger partial charge in [0.2, 0.25) is 11.8 Å². The first-order chi connectivity index (χ1) is 7.59. The van der Waals surface area contributed by atoms with Crippen molar-refractivity contribution in [1.29, 1.82) is 0 Å². The van der Waals surface area contributed by atoms with Crippen LogP contribution in [0.15, 0.2) is 0 Å². The predicted octanol–water partition coefficient (Wildman–Crippen LogP) is -0.277. The smallest absolute Gasteiger partial charge is 0.219 e. The molecule has 1 saturated heterocycles. The SMILES string of the molecule is CC(=O)NCCNC1CCN(C(C)=O)CC1. The highest BCUT2D eigenvalue weighted by Crippen LogP contribution is 2.09. The maximum absolute atomic E-state index is 11.1. The van der Waals surface area contributed by atoms with Gasteiger partial charge in [-0.2, -0.15) is 0 Å². The summed E-state index contributed by atoms with van der Waals surface area (Å²) in [5, 5.41) is 6.13. The second-order valence-corrected chi connectivity index (χ2v) is 4.22. The van der Waals surface area contributed by atoms with Crippen LogP contribution in [0.5, 0.6) is 0 Å². The van der Waals surface area contributed by atoms with Gasteiger partial charge in [-0.25, -0.2) is 0 Å². The maximum Gasteiger partial charge on any atom is 0.219 e. The molecule has 5 heteroatoms. The van der Waals surface area contributed by atoms with E-state index in [1.807, 2.05) is 4.90 Å². The van der Waals surface area contributed by atoms with Gasteiger partial charge in [0.05, 0.1) is 0 Å². The number of carbonyl (C=O) groups is 2. The molecule has 0 saturated carbocycles. The molecule has 0 aromatic carbocycles. The van der Waals surface area contributed by atoms with Crippen LogP contribution in [-0.2, 0) is 9.59 Å². The van der Waals surface area contributed by atoms with E-state index in [0.717, 1.165) is 32.5 Å². The number of hydrogen-bond acceptors (Lipinski definition) is 3. The average Bonchev–Trinajstić information content (AvgIpc) is 2.25. The molecule has 0 aromatic heterocycles. The van der Waals surface area contributed by atoms with E-state index >= 15 is 0 Å². The molecule has 0 aliphatic carbocycles. The Morgan fingerprint density at radius 1 is 1.19 bits per heavy atom. The van der Waals surface area contributed by atoms with E-state index in [-0.39, 0.29) is 11.8 Å². The number of amides is 2. The number of piperidine rings is 1. The molecule has 0 aromatic rings. The fourth-order valence-corrected chi connectivity index (χ4v) is 1.91. The van der Waals surface area contributed by atoms with Crippen molar-refractivity contribution in [3.63, 3.8) is 0 Å². The van der Waals surface area contributed by atoms with Crippen LogP contribution in [0.25, 0.3) is 0 Å². The second-order valence-electron chi connectivity index (χ2n) is 4.22. The van der Waals surface area contributed by atoms with Gasteiger partial charge in [-0.3, -0.25) is 9.59 Å². The van der Waals surface area contributed by atoms with Gasteiger partial charge < -0.3 is 15.5 Å². The molecule has 0 spiro atoms. The van der Waals surface area contributed by atoms with Crippen molar-refractivity contribution in [2.24, 2.45) is 0 Å². The zero-order valence-electron chi connectivity index (χ0n) is 10.1. The van der Waals surface area contributed by atoms with E-state index in [1.165, 1.54) is 6.92 Å². The Bertz CT molecular complexity index is 248. The van der Waals surface area contributed by atoms with Gasteiger partial charge in [0.1, 0.15) is 0 Å². The molecule has 5 nitrogen and oxygen atoms in total. The lowest BCUT2D eigenvalue weighted by molar-refractivity contribution is -0.130. The van der Waals surface area contributed by atoms with Crippen molar-refractivity contribution in [3.8, 4) is 0 Å². The Labute approximate surface area is 96.6 Å². The Hall–Kier alpha value is -1.10. The fourth-order valence-electron chi connectivity index (χ4n) is 1.91. The van der Waals surface area contributed by atoms with Crippen molar-refractivity contribution in [3.05, 3.63) is 0 Å². The van der Waals surface area contributed by atoms with Gasteiger partial charge in [-0.1, -0.05) is 0 Å². The van der Waals surface area contributed by atoms with Gasteiger partial charge in [0.25, 0.3) is 0 Å². The lowest BCUT2D eigenvalue weighted by atomic mass is 10.1. The lowest BCUT2D eigenvalue weighted by Crippen LogP contribution is -2.45. The average molecular weight is 227 g/mol. The molecule has 1 aliphatic rings. The number of nitrogens with zero attached hydrogens (tertiary/aromatic N) is 1. The number of hydrogen-bond donors (Lipinski definition) is 2. The summed E-state index contributed by atoms with van der Waals surface area (Å²) in [5.41, 5.74) is 0. The summed E-state index contributed by atoms with van der Waals surface area (Å²) < 4.78 is 0. The normalized spacial score (nSPS) is 17.2. The van der Waals surface area contributed by atoms with Crippen molar-refractivity contribution in [2.75, 3.05) is 26.2 Å². The second kappa shape index (κ2) is 6.48. The van der Waals surface area contributed by atoms with Crippen LogP contribution >= 0.6 is 0 Å². The zero-order valence-corrected chi connectivity index (χ0v) is 10.1. The molecule has 1 aliphatic heterocycles. The van der Waals surface area contributed by atoms with E-state index in [2.05, 4.69) is 10.6 Å². The molecule has 0 bridgehead atoms. The molecule has 2 amide bonds. The molecule has 1 rings (SSSR count). The van der Waals surface area contributed by atoms with E-state index in [4.69, 9.17) is 0 Å². The Morgan fingerprint density at radius 2 is 1.81 bits per heavy atom. The molecule has 16 heavy (non-hydrogen) atoms. The quantitative estimate of drug-likeness (QED) is 0.650. The minimum Gasteiger partial charge on any atom is -0.355 e. The van der Waals surface area contributed by atoms with Gasteiger partial charge in [0, 0.05) is 46.1 Å². The van der Waals surface area contributed by atoms with Gasteiger partial charge in [0.15, 0.2) is 0 Å². The third kappa shape index (κ3) is 4.61. The van der Waals surface area contributed by atoms with E-state index in [0.29, 0.717) is 12.6 Å². The molecule has 0 atom stereocenters. The van der Waals surface area contributed by atoms with Crippen LogP contribution in [0.4, 0.5) is 0 Å². The largest absolute Gasteiger partial charge is 0.355 e. The molecular formula is C11H21N3O2. The Balaban J connectivity index is 2.08. The summed E-state index contributed by atoms with van der Waals surface area (Å²) >= 11 is 0. The van der Waals surface area contributed by atoms with Crippen LogP contribution in [0, 0.1) is 0 Å². The molecule has 92 valence electrons. The Kier molecular flexibility index (Phi) is 5.25. The Morgan fingerprint density at radius 3 is 2.31 bits per heavy atom. The first kappa shape index (κ1) is 13.0. The summed E-state index contributed by atoms with van der Waals surface area (Å²) in [6, 6.07) is 0.476. The molecule has 0 unspecified atom stereocenters. The molecule has 2 N–H and O–H groups in total. The summed E-state index contributed by atoms with van der Waals surface area (Å²) in [4.78, 5) is 23.6. The minimum atomic E-state index is 0.00759. The fraction of sp³-hybridized carbons (Fsp3) is 0.818. The summed E-state index contributed by atoms with van der Waals surface area (Å²) in [6.07, 6.45) is 2.00. The summed E-state index contributed by atoms with van der Waals surface area (Å²) in [7, 11) is 0. The van der Waals surface area contributed by atoms with Crippen LogP contribution in [0.1, 0.15) is 26.7 Å². The standard InChI is InChI=1S/C11H21N3O2/c1-9(15)12-5-6-13-11-3-7-14(8-4-11)10(2)16/h11,13H,3-8H2,1-2H3,(H,12,15). The third-order valence-electron chi connectivity index (χ3n) is 2.87. The van der Waals surface area contributed by atoms with Gasteiger partial charge in [-0.15, -0.1) is 0 Å². The highest BCUT2D eigenvalue weighted by molar-refractivity contribution is 5.73. The molecule has 1 fully saturated rings. The number of nitrogens with one attached hydrogen (secondary N) is 2. The molecule has 1 heterocycles. The van der Waals surface area contributed by atoms with Crippen LogP contribution in [0.3, 0.4) is 0 Å². The maximum atomic E-state index is 11.1. The molecular weight excluding hydrogens is 206 g/mol. The lowest BCUT2D eigenvalue weighted by Gasteiger charge is -2.31. The number of likely N-dealkylation sites (tertiary alicyclic amines) is 1. The van der Waals surface area contributed by atoms with E-state index < -0.39 is 0 Å². The van der Waals surface area contributed by atoms with Crippen LogP contribution in [0.2, 0.25) is 0 Å². The van der Waals surface area contributed by atoms with E-state index in [1.54, 1.807) is 6.92 Å². The highest BCUT2D eigenvalue weighted by atomic mass is 16.2. The topological polar surface area (TPSA) is 61.4 Å². The van der Waals surface area contributed by atoms with Crippen molar-refractivity contribution < 1.29 is 9.59 Å². The molecule has 0 radical (unpaired) electrons. The van der Waals surface area contributed by atoms with Crippen molar-refractivity contribution in [1.82, 2.24) is 15.5 Å². The van der Waals surface area contributed by atoms with Crippen LogP contribution < -0.4 is 10.6 Å². The number of rotatable bonds is 4.